The van der Waals surface area contributed by atoms with Crippen LogP contribution in [0.4, 0.5) is 0 Å². The molecule has 9 rings (SSSR count). The average Bonchev–Trinajstić information content (AvgIpc) is 3.84. The summed E-state index contributed by atoms with van der Waals surface area (Å²) in [6.45, 7) is 0. The smallest absolute Gasteiger partial charge is 0.240 e. The maximum atomic E-state index is 13.5. The molecule has 3 aromatic heterocycles. The van der Waals surface area contributed by atoms with Crippen LogP contribution in [0.1, 0.15) is 0 Å². The van der Waals surface area contributed by atoms with E-state index in [-0.39, 0.29) is 40.1 Å². The molecule has 0 saturated carbocycles. The monoisotopic (exact) mass is 889 g/mol. The van der Waals surface area contributed by atoms with Gasteiger partial charge in [-0.2, -0.15) is 0 Å². The fourth-order valence-electron chi connectivity index (χ4n) is 6.85. The molecule has 0 amide bonds. The number of benzene rings is 4. The van der Waals surface area contributed by atoms with Crippen LogP contribution in [0.25, 0.3) is 89.7 Å². The molecule has 0 saturated heterocycles. The van der Waals surface area contributed by atoms with E-state index in [0.29, 0.717) is 44.3 Å². The van der Waals surface area contributed by atoms with Gasteiger partial charge in [-0.3, -0.25) is 0 Å². The first kappa shape index (κ1) is 38.3. The quantitative estimate of drug-likeness (QED) is 0.146. The van der Waals surface area contributed by atoms with Crippen molar-refractivity contribution in [3.63, 3.8) is 0 Å². The summed E-state index contributed by atoms with van der Waals surface area (Å²) in [6.07, 6.45) is 0. The molecule has 0 spiro atoms. The van der Waals surface area contributed by atoms with Gasteiger partial charge < -0.3 is 9.97 Å². The van der Waals surface area contributed by atoms with Crippen molar-refractivity contribution in [2.45, 2.75) is 19.6 Å². The summed E-state index contributed by atoms with van der Waals surface area (Å²) < 4.78 is 107. The molecule has 10 N–H and O–H groups in total. The molecule has 8 bridgehead atoms. The zero-order valence-electron chi connectivity index (χ0n) is 28.2. The molecule has 20 nitrogen and oxygen atoms in total. The average molecular weight is 890 g/mol. The van der Waals surface area contributed by atoms with E-state index in [9.17, 15) is 33.7 Å². The van der Waals surface area contributed by atoms with Gasteiger partial charge in [-0.25, -0.2) is 84.1 Å². The topological polar surface area (TPSA) is 350 Å². The normalized spacial score (nSPS) is 13.0. The Kier molecular flexibility index (Phi) is 8.52. The second kappa shape index (κ2) is 12.7. The summed E-state index contributed by atoms with van der Waals surface area (Å²) in [5.74, 6) is -0.00951. The molecule has 0 unspecified atom stereocenters. The van der Waals surface area contributed by atoms with E-state index in [1.807, 2.05) is 24.3 Å². The van der Waals surface area contributed by atoms with Crippen LogP contribution in [0, 0.1) is 0 Å². The number of nitrogens with one attached hydrogen (secondary N) is 2. The van der Waals surface area contributed by atoms with Crippen LogP contribution in [-0.2, 0) is 56.9 Å². The maximum absolute atomic E-state index is 13.5. The molecule has 2 aliphatic heterocycles. The molecular weight excluding hydrogens is 868 g/mol. The zero-order chi connectivity index (χ0) is 39.7. The first-order valence-electron chi connectivity index (χ1n) is 15.8. The van der Waals surface area contributed by atoms with Crippen molar-refractivity contribution < 1.29 is 50.4 Å². The summed E-state index contributed by atoms with van der Waals surface area (Å²) >= 11 is 0. The minimum absolute atomic E-state index is 0. The van der Waals surface area contributed by atoms with E-state index in [2.05, 4.69) is 29.9 Å². The zero-order valence-corrected chi connectivity index (χ0v) is 32.5. The Labute approximate surface area is 331 Å². The van der Waals surface area contributed by atoms with E-state index in [1.54, 1.807) is 48.5 Å². The van der Waals surface area contributed by atoms with E-state index in [0.717, 1.165) is 0 Å². The van der Waals surface area contributed by atoms with E-state index < -0.39 is 81.7 Å². The summed E-state index contributed by atoms with van der Waals surface area (Å²) in [7, 11) is -21.8. The molecule has 5 heterocycles. The Morgan fingerprint density at radius 3 is 0.930 bits per heavy atom. The number of H-pyrrole nitrogens is 2. The Balaban J connectivity index is 0.00000455. The standard InChI is InChI=1S/C32H22N12O8S4.Co/c33-53(45,46)21-19-20(22(54(34,47)48)24(56(36,51)52)23(21)55(35,49)50)32-43-30-18-12-6-4-10-16(18)28(41-30)39-26-14-8-2-1-7-13(14)25(37-26)38-27-15-9-3-5-11-17(15)29(40-27)42-31(19)44-32;/h1-12H,(H2,33,45,46)(H2,34,47,48)(H2,35,49,50)(H2,36,51,52)(H2,37,38,39,40,41,42,43,44);. The first-order valence-corrected chi connectivity index (χ1v) is 21.9. The molecule has 1 radical (unpaired) electrons. The predicted octanol–water partition coefficient (Wildman–Crippen LogP) is 1.46. The Morgan fingerprint density at radius 1 is 0.368 bits per heavy atom. The van der Waals surface area contributed by atoms with E-state index >= 15 is 0 Å². The van der Waals surface area contributed by atoms with Gasteiger partial charge in [0.1, 0.15) is 42.2 Å². The molecule has 0 atom stereocenters. The SMILES string of the molecule is NS(=O)(=O)c1c(S(N)(=O)=O)c(S(N)(=O)=O)c2c3nc4nc(nc5[nH]c(nc6nc(nc([nH]3)c2c1S(N)(=O)=O)-c1ccccc1-6)c1ccccc51)-c1ccccc1-4.[Co]. The van der Waals surface area contributed by atoms with Gasteiger partial charge in [-0.05, 0) is 0 Å². The summed E-state index contributed by atoms with van der Waals surface area (Å²) in [5.41, 5.74) is 1.13. The van der Waals surface area contributed by atoms with Gasteiger partial charge in [0.25, 0.3) is 0 Å². The van der Waals surface area contributed by atoms with E-state index in [1.165, 1.54) is 0 Å². The maximum Gasteiger partial charge on any atom is 0.240 e. The van der Waals surface area contributed by atoms with Gasteiger partial charge in [0.15, 0.2) is 23.3 Å². The number of nitrogens with two attached hydrogens (primary N) is 4. The number of fused-ring (bicyclic) bond motifs is 20. The molecule has 7 aromatic rings. The number of hydrogen-bond donors (Lipinski definition) is 6. The molecule has 57 heavy (non-hydrogen) atoms. The molecule has 291 valence electrons. The molecule has 4 aromatic carbocycles. The fourth-order valence-corrected chi connectivity index (χ4v) is 12.2. The molecule has 0 aliphatic carbocycles. The largest absolute Gasteiger partial charge is 0.324 e. The summed E-state index contributed by atoms with van der Waals surface area (Å²) in [4.78, 5) is 27.5. The summed E-state index contributed by atoms with van der Waals surface area (Å²) in [5, 5.41) is 21.7. The number of rotatable bonds is 4. The Bertz CT molecular complexity index is 3380. The van der Waals surface area contributed by atoms with Crippen molar-refractivity contribution >= 4 is 84.2 Å². The van der Waals surface area contributed by atoms with Crippen LogP contribution >= 0.6 is 0 Å². The molecule has 2 aliphatic rings. The molecular formula is C32H22CoN12O8S4. The van der Waals surface area contributed by atoms with Gasteiger partial charge in [0, 0.05) is 49.8 Å². The van der Waals surface area contributed by atoms with Crippen LogP contribution in [-0.4, -0.2) is 73.5 Å². The summed E-state index contributed by atoms with van der Waals surface area (Å²) in [6, 6.07) is 20.6. The number of aromatic amines is 2. The molecule has 0 fully saturated rings. The number of hydrogen-bond acceptors (Lipinski definition) is 14. The minimum Gasteiger partial charge on any atom is -0.324 e. The van der Waals surface area contributed by atoms with Crippen molar-refractivity contribution in [1.29, 1.82) is 0 Å². The van der Waals surface area contributed by atoms with Gasteiger partial charge >= 0.3 is 0 Å². The van der Waals surface area contributed by atoms with Crippen LogP contribution < -0.4 is 20.6 Å². The number of primary sulfonamides is 4. The van der Waals surface area contributed by atoms with Crippen LogP contribution in [0.3, 0.4) is 0 Å². The van der Waals surface area contributed by atoms with Crippen LogP contribution in [0.15, 0.2) is 92.4 Å². The number of aromatic nitrogens is 8. The molecule has 25 heteroatoms. The Hall–Kier alpha value is -5.61. The van der Waals surface area contributed by atoms with Crippen LogP contribution in [0.2, 0.25) is 0 Å². The van der Waals surface area contributed by atoms with Gasteiger partial charge in [-0.1, -0.05) is 72.8 Å². The Morgan fingerprint density at radius 2 is 0.632 bits per heavy atom. The number of nitrogens with zero attached hydrogens (tertiary/aromatic N) is 6. The van der Waals surface area contributed by atoms with Crippen molar-refractivity contribution in [2.75, 3.05) is 0 Å². The van der Waals surface area contributed by atoms with E-state index in [4.69, 9.17) is 30.5 Å². The second-order valence-electron chi connectivity index (χ2n) is 12.5. The van der Waals surface area contributed by atoms with Gasteiger partial charge in [0.2, 0.25) is 40.1 Å². The third kappa shape index (κ3) is 6.07. The van der Waals surface area contributed by atoms with Crippen molar-refractivity contribution in [1.82, 2.24) is 39.9 Å². The van der Waals surface area contributed by atoms with Gasteiger partial charge in [-0.15, -0.1) is 0 Å². The second-order valence-corrected chi connectivity index (χ2v) is 18.5. The van der Waals surface area contributed by atoms with Crippen molar-refractivity contribution in [2.24, 2.45) is 20.6 Å². The van der Waals surface area contributed by atoms with Crippen LogP contribution in [0.5, 0.6) is 0 Å². The van der Waals surface area contributed by atoms with Crippen molar-refractivity contribution in [3.05, 3.63) is 72.8 Å². The van der Waals surface area contributed by atoms with Crippen molar-refractivity contribution in [3.8, 4) is 45.6 Å². The number of sulfonamides is 4. The minimum atomic E-state index is -5.52. The third-order valence-corrected chi connectivity index (χ3v) is 13.3. The van der Waals surface area contributed by atoms with Gasteiger partial charge in [0.05, 0.1) is 10.8 Å². The first-order chi connectivity index (χ1) is 26.3. The fraction of sp³-hybridized carbons (Fsp3) is 0. The third-order valence-electron chi connectivity index (χ3n) is 8.96. The predicted molar refractivity (Wildman–Crippen MR) is 202 cm³/mol.